The number of hydrogen-bond acceptors (Lipinski definition) is 3. The fourth-order valence-electron chi connectivity index (χ4n) is 2.57. The van der Waals surface area contributed by atoms with Crippen LogP contribution in [0.2, 0.25) is 0 Å². The van der Waals surface area contributed by atoms with Crippen molar-refractivity contribution in [3.63, 3.8) is 0 Å². The summed E-state index contributed by atoms with van der Waals surface area (Å²) in [6, 6.07) is 0.576. The van der Waals surface area contributed by atoms with E-state index in [1.54, 1.807) is 0 Å². The standard InChI is InChI=1S/C12H26N2O2S/c1-2-11-5-3-6-12(8-7-11)14-9-4-10-17(13,15)16/h11-12,14H,2-10H2,1H3,(H2,13,15,16). The number of rotatable bonds is 6. The zero-order valence-electron chi connectivity index (χ0n) is 10.8. The van der Waals surface area contributed by atoms with E-state index in [2.05, 4.69) is 12.2 Å². The van der Waals surface area contributed by atoms with Gasteiger partial charge in [-0.15, -0.1) is 0 Å². The maximum Gasteiger partial charge on any atom is 0.209 e. The third-order valence-electron chi connectivity index (χ3n) is 3.70. The first-order chi connectivity index (χ1) is 8.01. The van der Waals surface area contributed by atoms with Gasteiger partial charge in [-0.05, 0) is 38.1 Å². The first-order valence-corrected chi connectivity index (χ1v) is 8.46. The lowest BCUT2D eigenvalue weighted by Gasteiger charge is -2.16. The average molecular weight is 262 g/mol. The average Bonchev–Trinajstić information content (AvgIpc) is 2.48. The third kappa shape index (κ3) is 7.01. The molecule has 1 aliphatic carbocycles. The minimum Gasteiger partial charge on any atom is -0.314 e. The Morgan fingerprint density at radius 3 is 2.65 bits per heavy atom. The number of nitrogens with one attached hydrogen (secondary N) is 1. The van der Waals surface area contributed by atoms with E-state index < -0.39 is 10.0 Å². The van der Waals surface area contributed by atoms with Crippen LogP contribution in [0.25, 0.3) is 0 Å². The second-order valence-electron chi connectivity index (χ2n) is 5.15. The molecule has 2 unspecified atom stereocenters. The molecule has 4 nitrogen and oxygen atoms in total. The highest BCUT2D eigenvalue weighted by Crippen LogP contribution is 2.25. The van der Waals surface area contributed by atoms with Gasteiger partial charge in [-0.25, -0.2) is 13.6 Å². The molecule has 0 aliphatic heterocycles. The molecule has 0 amide bonds. The fourth-order valence-corrected chi connectivity index (χ4v) is 3.12. The minimum atomic E-state index is -3.29. The van der Waals surface area contributed by atoms with Gasteiger partial charge in [-0.3, -0.25) is 0 Å². The van der Waals surface area contributed by atoms with Gasteiger partial charge in [0.05, 0.1) is 5.75 Å². The molecule has 1 rings (SSSR count). The van der Waals surface area contributed by atoms with Crippen molar-refractivity contribution in [3.8, 4) is 0 Å². The molecule has 1 saturated carbocycles. The molecule has 0 aromatic heterocycles. The van der Waals surface area contributed by atoms with Crippen molar-refractivity contribution >= 4 is 10.0 Å². The number of sulfonamides is 1. The van der Waals surface area contributed by atoms with Crippen LogP contribution < -0.4 is 10.5 Å². The summed E-state index contributed by atoms with van der Waals surface area (Å²) in [5.41, 5.74) is 0. The monoisotopic (exact) mass is 262 g/mol. The zero-order chi connectivity index (χ0) is 12.7. The Morgan fingerprint density at radius 2 is 2.00 bits per heavy atom. The Morgan fingerprint density at radius 1 is 1.24 bits per heavy atom. The molecular weight excluding hydrogens is 236 g/mol. The molecule has 0 saturated heterocycles. The van der Waals surface area contributed by atoms with E-state index in [0.717, 1.165) is 12.5 Å². The SMILES string of the molecule is CCC1CCCC(NCCCS(N)(=O)=O)CC1. The highest BCUT2D eigenvalue weighted by molar-refractivity contribution is 7.89. The van der Waals surface area contributed by atoms with Crippen molar-refractivity contribution in [1.82, 2.24) is 5.32 Å². The van der Waals surface area contributed by atoms with Crippen LogP contribution in [0.1, 0.15) is 51.9 Å². The highest BCUT2D eigenvalue weighted by Gasteiger charge is 2.17. The van der Waals surface area contributed by atoms with Crippen molar-refractivity contribution < 1.29 is 8.42 Å². The summed E-state index contributed by atoms with van der Waals surface area (Å²) >= 11 is 0. The minimum absolute atomic E-state index is 0.0876. The summed E-state index contributed by atoms with van der Waals surface area (Å²) in [6.07, 6.45) is 8.32. The zero-order valence-corrected chi connectivity index (χ0v) is 11.6. The molecule has 17 heavy (non-hydrogen) atoms. The molecule has 0 aromatic rings. The van der Waals surface area contributed by atoms with Gasteiger partial charge in [0, 0.05) is 6.04 Å². The summed E-state index contributed by atoms with van der Waals surface area (Å²) in [5.74, 6) is 0.982. The molecule has 2 atom stereocenters. The Hall–Kier alpha value is -0.130. The van der Waals surface area contributed by atoms with E-state index in [0.29, 0.717) is 12.5 Å². The highest BCUT2D eigenvalue weighted by atomic mass is 32.2. The molecule has 0 heterocycles. The van der Waals surface area contributed by atoms with Crippen LogP contribution in [0.5, 0.6) is 0 Å². The number of primary sulfonamides is 1. The largest absolute Gasteiger partial charge is 0.314 e. The molecule has 1 aliphatic rings. The van der Waals surface area contributed by atoms with Gasteiger partial charge < -0.3 is 5.32 Å². The molecular formula is C12H26N2O2S. The van der Waals surface area contributed by atoms with Gasteiger partial charge >= 0.3 is 0 Å². The van der Waals surface area contributed by atoms with E-state index in [9.17, 15) is 8.42 Å². The lowest BCUT2D eigenvalue weighted by atomic mass is 9.98. The first kappa shape index (κ1) is 14.9. The maximum atomic E-state index is 10.8. The molecule has 5 heteroatoms. The molecule has 0 spiro atoms. The van der Waals surface area contributed by atoms with Gasteiger partial charge in [0.2, 0.25) is 10.0 Å². The summed E-state index contributed by atoms with van der Waals surface area (Å²) in [4.78, 5) is 0. The van der Waals surface area contributed by atoms with Crippen LogP contribution in [0.15, 0.2) is 0 Å². The van der Waals surface area contributed by atoms with Crippen molar-refractivity contribution in [3.05, 3.63) is 0 Å². The van der Waals surface area contributed by atoms with Crippen LogP contribution in [0.4, 0.5) is 0 Å². The van der Waals surface area contributed by atoms with Crippen molar-refractivity contribution in [2.45, 2.75) is 57.9 Å². The van der Waals surface area contributed by atoms with E-state index in [1.807, 2.05) is 0 Å². The summed E-state index contributed by atoms with van der Waals surface area (Å²) in [7, 11) is -3.29. The molecule has 0 bridgehead atoms. The number of hydrogen-bond donors (Lipinski definition) is 2. The molecule has 3 N–H and O–H groups in total. The van der Waals surface area contributed by atoms with E-state index in [1.165, 1.54) is 38.5 Å². The smallest absolute Gasteiger partial charge is 0.209 e. The summed E-state index contributed by atoms with van der Waals surface area (Å²) in [5, 5.41) is 8.42. The predicted molar refractivity (Wildman–Crippen MR) is 71.2 cm³/mol. The van der Waals surface area contributed by atoms with Crippen LogP contribution in [0, 0.1) is 5.92 Å². The Balaban J connectivity index is 2.15. The van der Waals surface area contributed by atoms with Crippen LogP contribution in [-0.2, 0) is 10.0 Å². The predicted octanol–water partition coefficient (Wildman–Crippen LogP) is 1.61. The molecule has 0 radical (unpaired) electrons. The normalized spacial score (nSPS) is 26.7. The number of nitrogens with two attached hydrogens (primary N) is 1. The molecule has 102 valence electrons. The van der Waals surface area contributed by atoms with Crippen molar-refractivity contribution in [2.24, 2.45) is 11.1 Å². The van der Waals surface area contributed by atoms with E-state index >= 15 is 0 Å². The lowest BCUT2D eigenvalue weighted by molar-refractivity contribution is 0.426. The Kier molecular flexibility index (Phi) is 6.44. The van der Waals surface area contributed by atoms with Crippen molar-refractivity contribution in [1.29, 1.82) is 0 Å². The van der Waals surface area contributed by atoms with Crippen molar-refractivity contribution in [2.75, 3.05) is 12.3 Å². The first-order valence-electron chi connectivity index (χ1n) is 6.75. The van der Waals surface area contributed by atoms with Gasteiger partial charge in [0.25, 0.3) is 0 Å². The topological polar surface area (TPSA) is 72.2 Å². The maximum absolute atomic E-state index is 10.8. The second-order valence-corrected chi connectivity index (χ2v) is 6.89. The Bertz CT molecular complexity index is 304. The van der Waals surface area contributed by atoms with E-state index in [-0.39, 0.29) is 5.75 Å². The summed E-state index contributed by atoms with van der Waals surface area (Å²) in [6.45, 7) is 3.03. The van der Waals surface area contributed by atoms with Crippen LogP contribution in [0.3, 0.4) is 0 Å². The lowest BCUT2D eigenvalue weighted by Crippen LogP contribution is -2.31. The van der Waals surface area contributed by atoms with Gasteiger partial charge in [0.15, 0.2) is 0 Å². The third-order valence-corrected chi connectivity index (χ3v) is 4.56. The fraction of sp³-hybridized carbons (Fsp3) is 1.00. The Labute approximate surface area is 105 Å². The second kappa shape index (κ2) is 7.34. The van der Waals surface area contributed by atoms with Crippen LogP contribution in [-0.4, -0.2) is 26.8 Å². The summed E-state index contributed by atoms with van der Waals surface area (Å²) < 4.78 is 21.5. The quantitative estimate of drug-likeness (QED) is 0.564. The molecule has 1 fully saturated rings. The molecule has 0 aromatic carbocycles. The van der Waals surface area contributed by atoms with Gasteiger partial charge in [-0.2, -0.15) is 0 Å². The van der Waals surface area contributed by atoms with Gasteiger partial charge in [0.1, 0.15) is 0 Å². The van der Waals surface area contributed by atoms with E-state index in [4.69, 9.17) is 5.14 Å². The van der Waals surface area contributed by atoms with Gasteiger partial charge in [-0.1, -0.05) is 26.2 Å². The van der Waals surface area contributed by atoms with Crippen LogP contribution >= 0.6 is 0 Å².